The standard InChI is InChI=1S/C15H13F3N2O2.C5H8FNO/c16-15(17,18)12-5-7-13(8-6-12)19-9-10-1-3-11(4-2-10)14(21)20-22;6-5-1-2-7(3-5)4-8/h1-8,19,22H,9H2,(H,20,21);4-5H,1-3H2/t;5-/m.1/s1. The predicted molar refractivity (Wildman–Crippen MR) is 102 cm³/mol. The van der Waals surface area contributed by atoms with Gasteiger partial charge in [-0.2, -0.15) is 13.2 Å². The summed E-state index contributed by atoms with van der Waals surface area (Å²) in [5.74, 6) is -0.609. The van der Waals surface area contributed by atoms with Crippen LogP contribution in [0.2, 0.25) is 0 Å². The number of rotatable bonds is 5. The zero-order valence-corrected chi connectivity index (χ0v) is 15.8. The van der Waals surface area contributed by atoms with Gasteiger partial charge in [-0.1, -0.05) is 12.1 Å². The summed E-state index contributed by atoms with van der Waals surface area (Å²) in [6.45, 7) is 1.28. The number of hydroxylamine groups is 1. The molecule has 10 heteroatoms. The monoisotopic (exact) mass is 427 g/mol. The van der Waals surface area contributed by atoms with Crippen LogP contribution in [0.15, 0.2) is 48.5 Å². The fraction of sp³-hybridized carbons (Fsp3) is 0.300. The Kier molecular flexibility index (Phi) is 8.16. The molecule has 2 aromatic rings. The van der Waals surface area contributed by atoms with Crippen LogP contribution in [0.3, 0.4) is 0 Å². The second-order valence-electron chi connectivity index (χ2n) is 6.55. The van der Waals surface area contributed by atoms with Crippen molar-refractivity contribution in [2.45, 2.75) is 25.3 Å². The average molecular weight is 427 g/mol. The van der Waals surface area contributed by atoms with Gasteiger partial charge in [-0.05, 0) is 48.4 Å². The average Bonchev–Trinajstić information content (AvgIpc) is 3.17. The number of carbonyl (C=O) groups excluding carboxylic acids is 2. The molecule has 0 aliphatic carbocycles. The highest BCUT2D eigenvalue weighted by molar-refractivity contribution is 5.93. The van der Waals surface area contributed by atoms with Gasteiger partial charge in [0, 0.05) is 24.3 Å². The Morgan fingerprint density at radius 1 is 1.13 bits per heavy atom. The van der Waals surface area contributed by atoms with Crippen LogP contribution >= 0.6 is 0 Å². The lowest BCUT2D eigenvalue weighted by Gasteiger charge is -2.10. The van der Waals surface area contributed by atoms with Crippen molar-refractivity contribution in [3.8, 4) is 0 Å². The van der Waals surface area contributed by atoms with Crippen molar-refractivity contribution in [1.29, 1.82) is 0 Å². The van der Waals surface area contributed by atoms with Crippen molar-refractivity contribution in [3.63, 3.8) is 0 Å². The zero-order valence-electron chi connectivity index (χ0n) is 15.8. The molecule has 1 fully saturated rings. The predicted octanol–water partition coefficient (Wildman–Crippen LogP) is 3.62. The minimum absolute atomic E-state index is 0.295. The Bertz CT molecular complexity index is 827. The number of amides is 2. The molecule has 0 saturated carbocycles. The van der Waals surface area contributed by atoms with E-state index in [1.54, 1.807) is 12.1 Å². The number of hydrogen-bond acceptors (Lipinski definition) is 4. The summed E-state index contributed by atoms with van der Waals surface area (Å²) < 4.78 is 49.5. The van der Waals surface area contributed by atoms with E-state index in [4.69, 9.17) is 5.21 Å². The highest BCUT2D eigenvalue weighted by atomic mass is 19.4. The van der Waals surface area contributed by atoms with Crippen LogP contribution in [-0.2, 0) is 17.5 Å². The third-order valence-corrected chi connectivity index (χ3v) is 4.34. The van der Waals surface area contributed by atoms with Gasteiger partial charge in [-0.25, -0.2) is 9.87 Å². The molecule has 0 aromatic heterocycles. The Balaban J connectivity index is 0.000000335. The maximum absolute atomic E-state index is 12.4. The van der Waals surface area contributed by atoms with Crippen LogP contribution < -0.4 is 10.8 Å². The van der Waals surface area contributed by atoms with Crippen molar-refractivity contribution in [1.82, 2.24) is 10.4 Å². The number of benzene rings is 2. The van der Waals surface area contributed by atoms with Crippen LogP contribution in [0, 0.1) is 0 Å². The van der Waals surface area contributed by atoms with Crippen molar-refractivity contribution in [3.05, 3.63) is 65.2 Å². The van der Waals surface area contributed by atoms with E-state index in [0.717, 1.165) is 17.7 Å². The van der Waals surface area contributed by atoms with E-state index < -0.39 is 23.8 Å². The van der Waals surface area contributed by atoms with Gasteiger partial charge in [0.1, 0.15) is 6.17 Å². The smallest absolute Gasteiger partial charge is 0.381 e. The van der Waals surface area contributed by atoms with Gasteiger partial charge in [-0.3, -0.25) is 14.8 Å². The van der Waals surface area contributed by atoms with E-state index in [1.807, 2.05) is 0 Å². The third kappa shape index (κ3) is 7.03. The van der Waals surface area contributed by atoms with Gasteiger partial charge < -0.3 is 10.2 Å². The number of nitrogens with one attached hydrogen (secondary N) is 2. The molecule has 162 valence electrons. The number of likely N-dealkylation sites (tertiary alicyclic amines) is 1. The zero-order chi connectivity index (χ0) is 22.1. The van der Waals surface area contributed by atoms with Gasteiger partial charge in [0.25, 0.3) is 5.91 Å². The summed E-state index contributed by atoms with van der Waals surface area (Å²) in [5, 5.41) is 11.5. The largest absolute Gasteiger partial charge is 0.416 e. The summed E-state index contributed by atoms with van der Waals surface area (Å²) in [6.07, 6.45) is -3.92. The molecule has 0 unspecified atom stereocenters. The quantitative estimate of drug-likeness (QED) is 0.295. The minimum atomic E-state index is -4.35. The summed E-state index contributed by atoms with van der Waals surface area (Å²) in [7, 11) is 0. The molecular weight excluding hydrogens is 406 g/mol. The number of hydrogen-bond donors (Lipinski definition) is 3. The fourth-order valence-electron chi connectivity index (χ4n) is 2.66. The number of nitrogens with zero attached hydrogens (tertiary/aromatic N) is 1. The molecule has 2 amide bonds. The van der Waals surface area contributed by atoms with Crippen molar-refractivity contribution >= 4 is 18.0 Å². The number of halogens is 4. The second-order valence-corrected chi connectivity index (χ2v) is 6.55. The van der Waals surface area contributed by atoms with Crippen LogP contribution in [0.5, 0.6) is 0 Å². The van der Waals surface area contributed by atoms with Crippen LogP contribution in [0.25, 0.3) is 0 Å². The molecule has 0 bridgehead atoms. The molecule has 0 radical (unpaired) electrons. The topological polar surface area (TPSA) is 81.7 Å². The van der Waals surface area contributed by atoms with Crippen molar-refractivity contribution in [2.75, 3.05) is 18.4 Å². The second kappa shape index (κ2) is 10.6. The van der Waals surface area contributed by atoms with Gasteiger partial charge in [0.2, 0.25) is 6.41 Å². The molecule has 3 rings (SSSR count). The normalized spacial score (nSPS) is 15.8. The minimum Gasteiger partial charge on any atom is -0.381 e. The van der Waals surface area contributed by atoms with E-state index in [-0.39, 0.29) is 0 Å². The van der Waals surface area contributed by atoms with E-state index in [0.29, 0.717) is 43.7 Å². The molecule has 1 atom stereocenters. The lowest BCUT2D eigenvalue weighted by molar-refractivity contribution is -0.137. The van der Waals surface area contributed by atoms with Crippen LogP contribution in [-0.4, -0.2) is 41.7 Å². The molecule has 30 heavy (non-hydrogen) atoms. The van der Waals surface area contributed by atoms with Crippen molar-refractivity contribution in [2.24, 2.45) is 0 Å². The van der Waals surface area contributed by atoms with E-state index in [9.17, 15) is 27.2 Å². The van der Waals surface area contributed by atoms with Gasteiger partial charge in [0.05, 0.1) is 12.1 Å². The maximum Gasteiger partial charge on any atom is 0.416 e. The number of anilines is 1. The highest BCUT2D eigenvalue weighted by Gasteiger charge is 2.29. The van der Waals surface area contributed by atoms with E-state index in [1.165, 1.54) is 34.6 Å². The van der Waals surface area contributed by atoms with Gasteiger partial charge in [-0.15, -0.1) is 0 Å². The fourth-order valence-corrected chi connectivity index (χ4v) is 2.66. The Morgan fingerprint density at radius 3 is 2.20 bits per heavy atom. The summed E-state index contributed by atoms with van der Waals surface area (Å²) in [6, 6.07) is 11.2. The number of carbonyl (C=O) groups is 2. The summed E-state index contributed by atoms with van der Waals surface area (Å²) in [5.41, 5.74) is 2.54. The molecule has 1 heterocycles. The highest BCUT2D eigenvalue weighted by Crippen LogP contribution is 2.29. The first-order valence-corrected chi connectivity index (χ1v) is 9.01. The third-order valence-electron chi connectivity index (χ3n) is 4.34. The summed E-state index contributed by atoms with van der Waals surface area (Å²) >= 11 is 0. The molecule has 1 aliphatic rings. The molecule has 1 aliphatic heterocycles. The molecule has 2 aromatic carbocycles. The first kappa shape index (κ1) is 23.1. The lowest BCUT2D eigenvalue weighted by Crippen LogP contribution is -2.18. The molecular formula is C20H21F4N3O3. The Morgan fingerprint density at radius 2 is 1.77 bits per heavy atom. The molecule has 3 N–H and O–H groups in total. The Labute approximate surface area is 170 Å². The molecule has 0 spiro atoms. The first-order chi connectivity index (χ1) is 14.2. The molecule has 1 saturated heterocycles. The van der Waals surface area contributed by atoms with Crippen LogP contribution in [0.1, 0.15) is 27.9 Å². The van der Waals surface area contributed by atoms with Gasteiger partial charge in [0.15, 0.2) is 0 Å². The SMILES string of the molecule is O=C(NO)c1ccc(CNc2ccc(C(F)(F)F)cc2)cc1.O=CN1CC[C@@H](F)C1. The number of alkyl halides is 4. The van der Waals surface area contributed by atoms with E-state index in [2.05, 4.69) is 5.32 Å². The van der Waals surface area contributed by atoms with Crippen molar-refractivity contribution < 1.29 is 32.4 Å². The molecule has 6 nitrogen and oxygen atoms in total. The van der Waals surface area contributed by atoms with Crippen LogP contribution in [0.4, 0.5) is 23.2 Å². The lowest BCUT2D eigenvalue weighted by atomic mass is 10.1. The first-order valence-electron chi connectivity index (χ1n) is 9.01. The summed E-state index contributed by atoms with van der Waals surface area (Å²) in [4.78, 5) is 22.5. The van der Waals surface area contributed by atoms with Gasteiger partial charge >= 0.3 is 6.18 Å². The Hall–Kier alpha value is -3.14. The van der Waals surface area contributed by atoms with E-state index >= 15 is 0 Å². The maximum atomic E-state index is 12.4.